The number of nitro groups is 1. The molecular weight excluding hydrogens is 508 g/mol. The summed E-state index contributed by atoms with van der Waals surface area (Å²) in [6.45, 7) is 0.277. The third-order valence-corrected chi connectivity index (χ3v) is 6.76. The highest BCUT2D eigenvalue weighted by Crippen LogP contribution is 2.29. The first-order valence-electron chi connectivity index (χ1n) is 10.1. The maximum atomic E-state index is 13.3. The van der Waals surface area contributed by atoms with Crippen molar-refractivity contribution in [2.45, 2.75) is 11.4 Å². The Balaban J connectivity index is 0.00000361. The molecule has 14 heteroatoms. The molecule has 1 aromatic carbocycles. The molecule has 0 saturated heterocycles. The topological polar surface area (TPSA) is 159 Å². The quantitative estimate of drug-likeness (QED) is 0.208. The number of non-ortho nitro benzene ring substituents is 1. The number of rotatable bonds is 8. The van der Waals surface area contributed by atoms with Gasteiger partial charge in [0.15, 0.2) is 0 Å². The van der Waals surface area contributed by atoms with Gasteiger partial charge in [-0.3, -0.25) is 15.1 Å². The smallest absolute Gasteiger partial charge is 0.281 e. The van der Waals surface area contributed by atoms with Gasteiger partial charge in [-0.2, -0.15) is 28.3 Å². The van der Waals surface area contributed by atoms with Crippen molar-refractivity contribution in [3.8, 4) is 6.07 Å². The van der Waals surface area contributed by atoms with Crippen molar-refractivity contribution in [1.82, 2.24) is 19.0 Å². The number of halogens is 1. The first kappa shape index (κ1) is 26.1. The van der Waals surface area contributed by atoms with Gasteiger partial charge >= 0.3 is 0 Å². The molecule has 12 nitrogen and oxygen atoms in total. The number of hydrogen-bond donors (Lipinski definition) is 1. The molecule has 3 heterocycles. The number of aromatic nitrogens is 3. The molecule has 0 radical (unpaired) electrons. The highest BCUT2D eigenvalue weighted by atomic mass is 35.5. The van der Waals surface area contributed by atoms with Crippen LogP contribution in [0.4, 0.5) is 11.4 Å². The van der Waals surface area contributed by atoms with Gasteiger partial charge in [0.2, 0.25) is 0 Å². The van der Waals surface area contributed by atoms with Crippen LogP contribution in [0.5, 0.6) is 0 Å². The number of nitriles is 1. The molecule has 0 aliphatic heterocycles. The van der Waals surface area contributed by atoms with E-state index in [0.717, 1.165) is 16.0 Å². The largest absolute Gasteiger partial charge is 0.380 e. The molecule has 36 heavy (non-hydrogen) atoms. The van der Waals surface area contributed by atoms with Crippen LogP contribution in [-0.4, -0.2) is 45.6 Å². The fourth-order valence-electron chi connectivity index (χ4n) is 3.20. The minimum Gasteiger partial charge on any atom is -0.380 e. The number of anilines is 1. The zero-order valence-electron chi connectivity index (χ0n) is 18.7. The lowest BCUT2D eigenvalue weighted by atomic mass is 10.2. The zero-order valence-corrected chi connectivity index (χ0v) is 20.3. The summed E-state index contributed by atoms with van der Waals surface area (Å²) < 4.78 is 28.9. The Labute approximate surface area is 212 Å². The lowest BCUT2D eigenvalue weighted by Gasteiger charge is -2.17. The Bertz CT molecular complexity index is 1580. The molecule has 0 fully saturated rings. The molecular formula is C22H19ClN8O4S. The molecule has 3 aromatic heterocycles. The summed E-state index contributed by atoms with van der Waals surface area (Å²) in [6.07, 6.45) is 7.59. The Morgan fingerprint density at radius 1 is 1.25 bits per heavy atom. The molecule has 4 aromatic rings. The second-order valence-corrected chi connectivity index (χ2v) is 9.21. The van der Waals surface area contributed by atoms with Crippen molar-refractivity contribution in [1.29, 1.82) is 5.26 Å². The van der Waals surface area contributed by atoms with Crippen LogP contribution < -0.4 is 5.32 Å². The SMILES string of the molecule is CN(N=Cc1cnn2ccc(C#N)cc12)S(=O)(=O)c1cc([N+](=O)[O-])ccc1NCc1ccncc1.Cl. The van der Waals surface area contributed by atoms with Crippen LogP contribution in [0.3, 0.4) is 0 Å². The van der Waals surface area contributed by atoms with Gasteiger partial charge in [0.25, 0.3) is 15.7 Å². The Kier molecular flexibility index (Phi) is 7.83. The number of sulfonamides is 1. The van der Waals surface area contributed by atoms with E-state index in [1.165, 1.54) is 36.1 Å². The first-order valence-corrected chi connectivity index (χ1v) is 11.6. The molecule has 4 rings (SSSR count). The molecule has 0 spiro atoms. The Morgan fingerprint density at radius 2 is 2.00 bits per heavy atom. The van der Waals surface area contributed by atoms with E-state index in [-0.39, 0.29) is 35.2 Å². The third kappa shape index (κ3) is 5.40. The normalized spacial score (nSPS) is 11.1. The van der Waals surface area contributed by atoms with E-state index >= 15 is 0 Å². The number of nitrogens with one attached hydrogen (secondary N) is 1. The van der Waals surface area contributed by atoms with Crippen molar-refractivity contribution in [3.05, 3.63) is 94.1 Å². The fraction of sp³-hybridized carbons (Fsp3) is 0.0909. The predicted molar refractivity (Wildman–Crippen MR) is 134 cm³/mol. The summed E-state index contributed by atoms with van der Waals surface area (Å²) in [5.41, 5.74) is 2.12. The molecule has 184 valence electrons. The molecule has 0 atom stereocenters. The van der Waals surface area contributed by atoms with E-state index in [4.69, 9.17) is 5.26 Å². The average molecular weight is 527 g/mol. The molecule has 0 saturated carbocycles. The highest BCUT2D eigenvalue weighted by Gasteiger charge is 2.26. The molecule has 0 aliphatic rings. The van der Waals surface area contributed by atoms with E-state index < -0.39 is 14.9 Å². The van der Waals surface area contributed by atoms with Gasteiger partial charge in [-0.15, -0.1) is 12.4 Å². The molecule has 0 bridgehead atoms. The number of benzene rings is 1. The maximum Gasteiger partial charge on any atom is 0.281 e. The second-order valence-electron chi connectivity index (χ2n) is 7.29. The van der Waals surface area contributed by atoms with Crippen LogP contribution in [-0.2, 0) is 16.6 Å². The summed E-state index contributed by atoms with van der Waals surface area (Å²) in [5.74, 6) is 0. The average Bonchev–Trinajstić information content (AvgIpc) is 3.28. The van der Waals surface area contributed by atoms with E-state index in [0.29, 0.717) is 16.6 Å². The predicted octanol–water partition coefficient (Wildman–Crippen LogP) is 3.20. The van der Waals surface area contributed by atoms with Gasteiger partial charge in [-0.1, -0.05) is 0 Å². The van der Waals surface area contributed by atoms with Crippen molar-refractivity contribution in [3.63, 3.8) is 0 Å². The number of nitro benzene ring substituents is 1. The van der Waals surface area contributed by atoms with Gasteiger partial charge in [-0.25, -0.2) is 4.52 Å². The van der Waals surface area contributed by atoms with Crippen molar-refractivity contribution in [2.24, 2.45) is 5.10 Å². The Morgan fingerprint density at radius 3 is 2.69 bits per heavy atom. The van der Waals surface area contributed by atoms with E-state index in [9.17, 15) is 18.5 Å². The summed E-state index contributed by atoms with van der Waals surface area (Å²) in [5, 5.41) is 31.6. The lowest BCUT2D eigenvalue weighted by molar-refractivity contribution is -0.385. The van der Waals surface area contributed by atoms with Crippen LogP contribution in [0, 0.1) is 21.4 Å². The summed E-state index contributed by atoms with van der Waals surface area (Å²) in [6, 6.07) is 12.3. The molecule has 0 aliphatic carbocycles. The standard InChI is InChI=1S/C22H18N8O4S.ClH/c1-28(26-14-18-15-27-29-9-6-17(12-23)10-21(18)29)35(33,34)22-11-19(30(31)32)2-3-20(22)25-13-16-4-7-24-8-5-16;/h2-11,14-15,25H,13H2,1H3;1H. The third-order valence-electron chi connectivity index (χ3n) is 5.07. The summed E-state index contributed by atoms with van der Waals surface area (Å²) >= 11 is 0. The Hall–Kier alpha value is -4.54. The first-order chi connectivity index (χ1) is 16.8. The summed E-state index contributed by atoms with van der Waals surface area (Å²) in [4.78, 5) is 14.3. The molecule has 1 N–H and O–H groups in total. The van der Waals surface area contributed by atoms with Crippen LogP contribution in [0.25, 0.3) is 5.52 Å². The minimum absolute atomic E-state index is 0. The monoisotopic (exact) mass is 526 g/mol. The minimum atomic E-state index is -4.27. The maximum absolute atomic E-state index is 13.3. The lowest BCUT2D eigenvalue weighted by Crippen LogP contribution is -2.23. The summed E-state index contributed by atoms with van der Waals surface area (Å²) in [7, 11) is -3.05. The molecule has 0 amide bonds. The number of pyridine rings is 2. The molecule has 0 unspecified atom stereocenters. The number of hydrogen-bond acceptors (Lipinski definition) is 9. The van der Waals surface area contributed by atoms with E-state index in [1.807, 2.05) is 6.07 Å². The zero-order chi connectivity index (χ0) is 25.0. The van der Waals surface area contributed by atoms with Gasteiger partial charge in [0.1, 0.15) is 4.90 Å². The van der Waals surface area contributed by atoms with Gasteiger partial charge in [0, 0.05) is 49.9 Å². The van der Waals surface area contributed by atoms with Crippen LogP contribution in [0.2, 0.25) is 0 Å². The van der Waals surface area contributed by atoms with Crippen molar-refractivity contribution < 1.29 is 13.3 Å². The van der Waals surface area contributed by atoms with Crippen LogP contribution >= 0.6 is 12.4 Å². The highest BCUT2D eigenvalue weighted by molar-refractivity contribution is 7.89. The van der Waals surface area contributed by atoms with Gasteiger partial charge in [-0.05, 0) is 35.9 Å². The fourth-order valence-corrected chi connectivity index (χ4v) is 4.34. The number of nitrogens with zero attached hydrogens (tertiary/aromatic N) is 7. The van der Waals surface area contributed by atoms with Crippen molar-refractivity contribution in [2.75, 3.05) is 12.4 Å². The van der Waals surface area contributed by atoms with E-state index in [1.54, 1.807) is 42.9 Å². The van der Waals surface area contributed by atoms with Gasteiger partial charge < -0.3 is 5.32 Å². The van der Waals surface area contributed by atoms with Crippen LogP contribution in [0.1, 0.15) is 16.7 Å². The second kappa shape index (κ2) is 10.8. The van der Waals surface area contributed by atoms with Gasteiger partial charge in [0.05, 0.1) is 40.2 Å². The van der Waals surface area contributed by atoms with E-state index in [2.05, 4.69) is 20.5 Å². The number of fused-ring (bicyclic) bond motifs is 1. The number of hydrazone groups is 1. The van der Waals surface area contributed by atoms with Crippen molar-refractivity contribution >= 4 is 45.5 Å². The van der Waals surface area contributed by atoms with Crippen LogP contribution in [0.15, 0.2) is 77.2 Å².